The molecule has 0 saturated carbocycles. The van der Waals surface area contributed by atoms with Gasteiger partial charge in [-0.25, -0.2) is 0 Å². The van der Waals surface area contributed by atoms with Crippen LogP contribution in [0.25, 0.3) is 0 Å². The second-order valence-corrected chi connectivity index (χ2v) is 13.4. The van der Waals surface area contributed by atoms with Crippen molar-refractivity contribution in [1.82, 2.24) is 0 Å². The summed E-state index contributed by atoms with van der Waals surface area (Å²) in [7, 11) is -5.87. The first-order valence-corrected chi connectivity index (χ1v) is 16.1. The number of rotatable bonds is 20. The van der Waals surface area contributed by atoms with Crippen LogP contribution in [0.1, 0.15) is 68.2 Å². The molecule has 10 nitrogen and oxygen atoms in total. The molecule has 2 unspecified atom stereocenters. The zero-order chi connectivity index (χ0) is 26.1. The summed E-state index contributed by atoms with van der Waals surface area (Å²) >= 11 is 0. The van der Waals surface area contributed by atoms with Crippen molar-refractivity contribution in [2.45, 2.75) is 91.4 Å². The molecule has 0 bridgehead atoms. The van der Waals surface area contributed by atoms with Crippen molar-refractivity contribution in [3.05, 3.63) is 0 Å². The quantitative estimate of drug-likeness (QED) is 0.165. The maximum absolute atomic E-state index is 9.86. The SMILES string of the molecule is CCO[Si](CCC(C)(C#N)N=NC(C)(C#N)CC[Si](OCC)(OCC)OCC)(OCC)OCC. The lowest BCUT2D eigenvalue weighted by Crippen LogP contribution is -2.47. The molecule has 0 radical (unpaired) electrons. The molecule has 0 aromatic rings. The highest BCUT2D eigenvalue weighted by atomic mass is 28.4. The third-order valence-electron chi connectivity index (χ3n) is 4.99. The second kappa shape index (κ2) is 16.4. The molecule has 12 heteroatoms. The minimum Gasteiger partial charge on any atom is -0.374 e. The summed E-state index contributed by atoms with van der Waals surface area (Å²) in [5.41, 5.74) is -2.31. The molecule has 2 atom stereocenters. The minimum atomic E-state index is -2.93. The molecule has 0 aliphatic rings. The van der Waals surface area contributed by atoms with Crippen LogP contribution in [0.3, 0.4) is 0 Å². The Hall–Kier alpha value is -1.23. The first-order valence-electron chi connectivity index (χ1n) is 12.2. The number of nitrogens with zero attached hydrogens (tertiary/aromatic N) is 4. The number of hydrogen-bond donors (Lipinski definition) is 0. The predicted octanol–water partition coefficient (Wildman–Crippen LogP) is 4.88. The first-order chi connectivity index (χ1) is 16.1. The first kappa shape index (κ1) is 32.8. The van der Waals surface area contributed by atoms with E-state index in [1.165, 1.54) is 0 Å². The monoisotopic (exact) mass is 516 g/mol. The molecule has 0 aromatic heterocycles. The smallest absolute Gasteiger partial charge is 0.374 e. The predicted molar refractivity (Wildman–Crippen MR) is 133 cm³/mol. The highest BCUT2D eigenvalue weighted by Gasteiger charge is 2.44. The van der Waals surface area contributed by atoms with Crippen LogP contribution in [0.15, 0.2) is 10.2 Å². The second-order valence-electron chi connectivity index (χ2n) is 7.94. The lowest BCUT2D eigenvalue weighted by molar-refractivity contribution is 0.0686. The Morgan fingerprint density at radius 3 is 0.971 bits per heavy atom. The third kappa shape index (κ3) is 11.0. The average Bonchev–Trinajstić information content (AvgIpc) is 2.81. The van der Waals surface area contributed by atoms with Crippen molar-refractivity contribution in [2.75, 3.05) is 39.6 Å². The molecule has 0 aromatic carbocycles. The van der Waals surface area contributed by atoms with Gasteiger partial charge in [-0.1, -0.05) is 0 Å². The van der Waals surface area contributed by atoms with Crippen LogP contribution in [-0.2, 0) is 26.6 Å². The lowest BCUT2D eigenvalue weighted by atomic mass is 10.0. The molecule has 196 valence electrons. The highest BCUT2D eigenvalue weighted by Crippen LogP contribution is 2.30. The molecular weight excluding hydrogens is 472 g/mol. The normalized spacial score (nSPS) is 16.1. The standard InChI is InChI=1S/C22H44N4O6Si2/c1-9-27-33(28-10-2,29-11-3)17-15-21(7,19-23)25-26-22(8,20-24)16-18-34(30-12-4,31-13-5)32-14-6/h9-18H2,1-8H3. The molecule has 0 fully saturated rings. The van der Waals surface area contributed by atoms with Gasteiger partial charge in [-0.2, -0.15) is 20.8 Å². The molecule has 0 amide bonds. The van der Waals surface area contributed by atoms with Crippen molar-refractivity contribution in [3.63, 3.8) is 0 Å². The molecule has 0 rings (SSSR count). The van der Waals surface area contributed by atoms with E-state index in [1.54, 1.807) is 13.8 Å². The summed E-state index contributed by atoms with van der Waals surface area (Å²) < 4.78 is 35.3. The Balaban J connectivity index is 5.60. The Morgan fingerprint density at radius 2 is 0.794 bits per heavy atom. The lowest BCUT2D eigenvalue weighted by Gasteiger charge is -2.31. The van der Waals surface area contributed by atoms with Crippen LogP contribution in [0.2, 0.25) is 12.1 Å². The van der Waals surface area contributed by atoms with Gasteiger partial charge in [0.25, 0.3) is 0 Å². The fourth-order valence-corrected chi connectivity index (χ4v) is 8.86. The molecule has 34 heavy (non-hydrogen) atoms. The summed E-state index contributed by atoms with van der Waals surface area (Å²) in [5.74, 6) is 0. The Bertz CT molecular complexity index is 597. The van der Waals surface area contributed by atoms with E-state index in [9.17, 15) is 10.5 Å². The van der Waals surface area contributed by atoms with Crippen LogP contribution in [0.4, 0.5) is 0 Å². The van der Waals surface area contributed by atoms with Gasteiger partial charge >= 0.3 is 17.6 Å². The van der Waals surface area contributed by atoms with Gasteiger partial charge in [0.2, 0.25) is 0 Å². The third-order valence-corrected chi connectivity index (χ3v) is 11.1. The van der Waals surface area contributed by atoms with E-state index in [0.29, 0.717) is 64.6 Å². The summed E-state index contributed by atoms with van der Waals surface area (Å²) in [6.45, 7) is 17.4. The van der Waals surface area contributed by atoms with Crippen LogP contribution >= 0.6 is 0 Å². The van der Waals surface area contributed by atoms with Gasteiger partial charge in [0.1, 0.15) is 0 Å². The van der Waals surface area contributed by atoms with Crippen LogP contribution in [0, 0.1) is 22.7 Å². The van der Waals surface area contributed by atoms with Crippen molar-refractivity contribution >= 4 is 17.6 Å². The topological polar surface area (TPSA) is 128 Å². The van der Waals surface area contributed by atoms with Crippen LogP contribution in [0.5, 0.6) is 0 Å². The number of azo groups is 1. The molecule has 0 aliphatic heterocycles. The van der Waals surface area contributed by atoms with E-state index < -0.39 is 28.7 Å². The van der Waals surface area contributed by atoms with Gasteiger partial charge < -0.3 is 26.6 Å². The van der Waals surface area contributed by atoms with Gasteiger partial charge in [-0.05, 0) is 68.2 Å². The van der Waals surface area contributed by atoms with E-state index >= 15 is 0 Å². The Labute approximate surface area is 208 Å². The summed E-state index contributed by atoms with van der Waals surface area (Å²) in [4.78, 5) is 0. The molecular formula is C22H44N4O6Si2. The van der Waals surface area contributed by atoms with E-state index in [2.05, 4.69) is 22.4 Å². The van der Waals surface area contributed by atoms with Gasteiger partial charge in [-0.15, -0.1) is 0 Å². The van der Waals surface area contributed by atoms with E-state index in [-0.39, 0.29) is 0 Å². The van der Waals surface area contributed by atoms with Crippen molar-refractivity contribution in [1.29, 1.82) is 10.5 Å². The van der Waals surface area contributed by atoms with Gasteiger partial charge in [0.05, 0.1) is 12.1 Å². The van der Waals surface area contributed by atoms with E-state index in [1.807, 2.05) is 41.5 Å². The maximum atomic E-state index is 9.86. The van der Waals surface area contributed by atoms with Crippen LogP contribution in [-0.4, -0.2) is 68.3 Å². The largest absolute Gasteiger partial charge is 0.501 e. The van der Waals surface area contributed by atoms with Crippen molar-refractivity contribution < 1.29 is 26.6 Å². The van der Waals surface area contributed by atoms with Crippen LogP contribution < -0.4 is 0 Å². The maximum Gasteiger partial charge on any atom is 0.501 e. The zero-order valence-electron chi connectivity index (χ0n) is 22.3. The molecule has 0 aliphatic carbocycles. The van der Waals surface area contributed by atoms with Gasteiger partial charge in [-0.3, -0.25) is 0 Å². The zero-order valence-corrected chi connectivity index (χ0v) is 24.3. The number of hydrogen-bond acceptors (Lipinski definition) is 10. The fraction of sp³-hybridized carbons (Fsp3) is 0.909. The molecule has 0 heterocycles. The molecule has 0 saturated heterocycles. The van der Waals surface area contributed by atoms with Gasteiger partial charge in [0.15, 0.2) is 11.1 Å². The Morgan fingerprint density at radius 1 is 0.559 bits per heavy atom. The van der Waals surface area contributed by atoms with Gasteiger partial charge in [0, 0.05) is 51.7 Å². The molecule has 0 spiro atoms. The number of nitriles is 2. The Kier molecular flexibility index (Phi) is 15.9. The fourth-order valence-electron chi connectivity index (χ4n) is 3.27. The highest BCUT2D eigenvalue weighted by molar-refractivity contribution is 6.61. The summed E-state index contributed by atoms with van der Waals surface area (Å²) in [6.07, 6.45) is 0.659. The summed E-state index contributed by atoms with van der Waals surface area (Å²) in [6, 6.07) is 5.30. The summed E-state index contributed by atoms with van der Waals surface area (Å²) in [5, 5.41) is 28.4. The van der Waals surface area contributed by atoms with E-state index in [4.69, 9.17) is 26.6 Å². The average molecular weight is 517 g/mol. The molecule has 0 N–H and O–H groups in total. The minimum absolute atomic E-state index is 0.330. The van der Waals surface area contributed by atoms with Crippen molar-refractivity contribution in [3.8, 4) is 12.1 Å². The van der Waals surface area contributed by atoms with Crippen molar-refractivity contribution in [2.24, 2.45) is 10.2 Å². The van der Waals surface area contributed by atoms with E-state index in [0.717, 1.165) is 0 Å².